The van der Waals surface area contributed by atoms with Gasteiger partial charge in [0, 0.05) is 4.90 Å². The summed E-state index contributed by atoms with van der Waals surface area (Å²) in [7, 11) is 0. The van der Waals surface area contributed by atoms with Crippen LogP contribution in [0.15, 0.2) is 23.1 Å². The van der Waals surface area contributed by atoms with Gasteiger partial charge < -0.3 is 5.32 Å². The summed E-state index contributed by atoms with van der Waals surface area (Å²) in [5.74, 6) is 0.427. The van der Waals surface area contributed by atoms with Gasteiger partial charge in [-0.1, -0.05) is 6.07 Å². The van der Waals surface area contributed by atoms with Gasteiger partial charge >= 0.3 is 0 Å². The molecule has 0 spiro atoms. The van der Waals surface area contributed by atoms with E-state index in [1.165, 1.54) is 35.3 Å². The Kier molecular flexibility index (Phi) is 4.01. The number of H-pyrrole nitrogens is 1. The lowest BCUT2D eigenvalue weighted by Crippen LogP contribution is -2.15. The molecule has 2 N–H and O–H groups in total. The Balaban J connectivity index is 1.59. The van der Waals surface area contributed by atoms with Crippen LogP contribution in [0.2, 0.25) is 0 Å². The van der Waals surface area contributed by atoms with Gasteiger partial charge in [0.15, 0.2) is 0 Å². The van der Waals surface area contributed by atoms with Crippen molar-refractivity contribution in [3.63, 3.8) is 0 Å². The maximum absolute atomic E-state index is 12.0. The Labute approximate surface area is 128 Å². The second kappa shape index (κ2) is 5.93. The molecule has 0 bridgehead atoms. The topological polar surface area (TPSA) is 57.8 Å². The van der Waals surface area contributed by atoms with Crippen molar-refractivity contribution >= 4 is 23.4 Å². The van der Waals surface area contributed by atoms with Crippen molar-refractivity contribution in [3.05, 3.63) is 40.7 Å². The third-order valence-corrected chi connectivity index (χ3v) is 4.83. The monoisotopic (exact) mass is 301 g/mol. The van der Waals surface area contributed by atoms with Crippen molar-refractivity contribution in [2.75, 3.05) is 11.1 Å². The molecule has 0 atom stereocenters. The van der Waals surface area contributed by atoms with Gasteiger partial charge in [-0.15, -0.1) is 11.8 Å². The predicted molar refractivity (Wildman–Crippen MR) is 85.9 cm³/mol. The number of benzene rings is 1. The summed E-state index contributed by atoms with van der Waals surface area (Å²) >= 11 is 1.59. The van der Waals surface area contributed by atoms with Crippen LogP contribution in [0.3, 0.4) is 0 Å². The number of thioether (sulfide) groups is 1. The first-order valence-electron chi connectivity index (χ1n) is 7.19. The molecule has 4 nitrogen and oxygen atoms in total. The Morgan fingerprint density at radius 1 is 1.33 bits per heavy atom. The first kappa shape index (κ1) is 14.2. The third-order valence-electron chi connectivity index (χ3n) is 3.83. The number of fused-ring (bicyclic) bond motifs is 1. The maximum atomic E-state index is 12.0. The minimum absolute atomic E-state index is 0.00750. The highest BCUT2D eigenvalue weighted by Gasteiger charge is 2.13. The van der Waals surface area contributed by atoms with E-state index in [0.717, 1.165) is 17.1 Å². The van der Waals surface area contributed by atoms with Gasteiger partial charge in [-0.25, -0.2) is 0 Å². The predicted octanol–water partition coefficient (Wildman–Crippen LogP) is 3.25. The van der Waals surface area contributed by atoms with Crippen LogP contribution in [0.5, 0.6) is 0 Å². The number of hydrogen-bond donors (Lipinski definition) is 2. The SMILES string of the molecule is Cc1n[nH]c(C)c1NC(=O)CSc1ccc2c(c1)CCC2. The van der Waals surface area contributed by atoms with Crippen molar-refractivity contribution in [2.45, 2.75) is 38.0 Å². The number of carbonyl (C=O) groups is 1. The molecule has 0 radical (unpaired) electrons. The second-order valence-corrected chi connectivity index (χ2v) is 6.48. The summed E-state index contributed by atoms with van der Waals surface area (Å²) in [5.41, 5.74) is 5.43. The number of aromatic nitrogens is 2. The fourth-order valence-corrected chi connectivity index (χ4v) is 3.46. The van der Waals surface area contributed by atoms with Gasteiger partial charge in [0.2, 0.25) is 5.91 Å². The lowest BCUT2D eigenvalue weighted by Gasteiger charge is -2.06. The third kappa shape index (κ3) is 3.13. The Bertz CT molecular complexity index is 659. The van der Waals surface area contributed by atoms with Crippen LogP contribution < -0.4 is 5.32 Å². The summed E-state index contributed by atoms with van der Waals surface area (Å²) < 4.78 is 0. The van der Waals surface area contributed by atoms with Crippen molar-refractivity contribution in [3.8, 4) is 0 Å². The fraction of sp³-hybridized carbons (Fsp3) is 0.375. The summed E-state index contributed by atoms with van der Waals surface area (Å²) in [6.45, 7) is 3.79. The molecule has 3 rings (SSSR count). The van der Waals surface area contributed by atoms with Crippen molar-refractivity contribution in [1.29, 1.82) is 0 Å². The van der Waals surface area contributed by atoms with Gasteiger partial charge in [-0.3, -0.25) is 9.89 Å². The molecule has 0 saturated carbocycles. The standard InChI is InChI=1S/C16H19N3OS/c1-10-16(11(2)19-18-10)17-15(20)9-21-14-7-6-12-4-3-5-13(12)8-14/h6-8H,3-5,9H2,1-2H3,(H,17,20)(H,18,19). The number of aromatic amines is 1. The summed E-state index contributed by atoms with van der Waals surface area (Å²) in [6, 6.07) is 6.55. The molecule has 1 aromatic carbocycles. The summed E-state index contributed by atoms with van der Waals surface area (Å²) in [4.78, 5) is 13.2. The molecule has 0 aliphatic heterocycles. The second-order valence-electron chi connectivity index (χ2n) is 5.43. The van der Waals surface area contributed by atoms with E-state index >= 15 is 0 Å². The largest absolute Gasteiger partial charge is 0.322 e. The molecule has 1 heterocycles. The average molecular weight is 301 g/mol. The van der Waals surface area contributed by atoms with Crippen LogP contribution in [0.1, 0.15) is 28.9 Å². The highest BCUT2D eigenvalue weighted by Crippen LogP contribution is 2.27. The molecule has 2 aromatic rings. The van der Waals surface area contributed by atoms with Gasteiger partial charge in [-0.2, -0.15) is 5.10 Å². The van der Waals surface area contributed by atoms with Crippen LogP contribution in [0.4, 0.5) is 5.69 Å². The summed E-state index contributed by atoms with van der Waals surface area (Å²) in [5, 5.41) is 9.88. The smallest absolute Gasteiger partial charge is 0.234 e. The quantitative estimate of drug-likeness (QED) is 0.852. The van der Waals surface area contributed by atoms with Gasteiger partial charge in [0.05, 0.1) is 22.8 Å². The number of aryl methyl sites for hydroxylation is 4. The fourth-order valence-electron chi connectivity index (χ4n) is 2.70. The molecule has 110 valence electrons. The normalized spacial score (nSPS) is 13.2. The van der Waals surface area contributed by atoms with Crippen LogP contribution in [-0.2, 0) is 17.6 Å². The van der Waals surface area contributed by atoms with E-state index in [0.29, 0.717) is 5.75 Å². The molecule has 5 heteroatoms. The first-order chi connectivity index (χ1) is 10.1. The van der Waals surface area contributed by atoms with Crippen molar-refractivity contribution in [1.82, 2.24) is 10.2 Å². The Hall–Kier alpha value is -1.75. The van der Waals surface area contributed by atoms with E-state index in [4.69, 9.17) is 0 Å². The number of carbonyl (C=O) groups excluding carboxylic acids is 1. The van der Waals surface area contributed by atoms with Crippen molar-refractivity contribution in [2.24, 2.45) is 0 Å². The summed E-state index contributed by atoms with van der Waals surface area (Å²) in [6.07, 6.45) is 3.62. The molecule has 1 aliphatic carbocycles. The molecule has 0 fully saturated rings. The van der Waals surface area contributed by atoms with E-state index in [1.54, 1.807) is 11.8 Å². The van der Waals surface area contributed by atoms with Gasteiger partial charge in [0.25, 0.3) is 0 Å². The van der Waals surface area contributed by atoms with Crippen LogP contribution in [-0.4, -0.2) is 21.9 Å². The van der Waals surface area contributed by atoms with Gasteiger partial charge in [0.1, 0.15) is 0 Å². The van der Waals surface area contributed by atoms with E-state index < -0.39 is 0 Å². The number of nitrogens with zero attached hydrogens (tertiary/aromatic N) is 1. The Morgan fingerprint density at radius 2 is 2.14 bits per heavy atom. The van der Waals surface area contributed by atoms with E-state index in [-0.39, 0.29) is 5.91 Å². The number of nitrogens with one attached hydrogen (secondary N) is 2. The molecule has 0 unspecified atom stereocenters. The molecular weight excluding hydrogens is 282 g/mol. The minimum atomic E-state index is 0.00750. The van der Waals surface area contributed by atoms with Crippen molar-refractivity contribution < 1.29 is 4.79 Å². The minimum Gasteiger partial charge on any atom is -0.322 e. The van der Waals surface area contributed by atoms with Gasteiger partial charge in [-0.05, 0) is 56.4 Å². The van der Waals surface area contributed by atoms with E-state index in [1.807, 2.05) is 13.8 Å². The first-order valence-corrected chi connectivity index (χ1v) is 8.18. The number of anilines is 1. The number of hydrogen-bond acceptors (Lipinski definition) is 3. The van der Waals surface area contributed by atoms with E-state index in [2.05, 4.69) is 33.7 Å². The zero-order valence-electron chi connectivity index (χ0n) is 12.3. The number of amides is 1. The zero-order chi connectivity index (χ0) is 14.8. The van der Waals surface area contributed by atoms with E-state index in [9.17, 15) is 4.79 Å². The Morgan fingerprint density at radius 3 is 2.90 bits per heavy atom. The number of rotatable bonds is 4. The average Bonchev–Trinajstić information content (AvgIpc) is 3.06. The zero-order valence-corrected chi connectivity index (χ0v) is 13.1. The van der Waals surface area contributed by atoms with Crippen LogP contribution in [0, 0.1) is 13.8 Å². The molecule has 21 heavy (non-hydrogen) atoms. The highest BCUT2D eigenvalue weighted by molar-refractivity contribution is 8.00. The highest BCUT2D eigenvalue weighted by atomic mass is 32.2. The molecule has 0 saturated heterocycles. The molecule has 1 amide bonds. The molecular formula is C16H19N3OS. The molecule has 1 aromatic heterocycles. The molecule has 1 aliphatic rings. The maximum Gasteiger partial charge on any atom is 0.234 e. The lowest BCUT2D eigenvalue weighted by molar-refractivity contribution is -0.113. The van der Waals surface area contributed by atoms with Crippen LogP contribution >= 0.6 is 11.8 Å². The lowest BCUT2D eigenvalue weighted by atomic mass is 10.1. The van der Waals surface area contributed by atoms with Crippen LogP contribution in [0.25, 0.3) is 0 Å².